The second-order valence-corrected chi connectivity index (χ2v) is 6.30. The molecule has 2 N–H and O–H groups in total. The standard InChI is InChI=1S/C18H30N2O/c1-3-11-19-18(16-7-5-4-6-8-16)10-13-20-12-9-17(14-20)15(2)21/h4-8,15,17-19,21H,3,9-14H2,1-2H3. The van der Waals surface area contributed by atoms with Gasteiger partial charge in [0.15, 0.2) is 0 Å². The Morgan fingerprint density at radius 1 is 1.33 bits per heavy atom. The molecule has 1 aliphatic heterocycles. The lowest BCUT2D eigenvalue weighted by Crippen LogP contribution is -2.29. The number of benzene rings is 1. The average molecular weight is 290 g/mol. The summed E-state index contributed by atoms with van der Waals surface area (Å²) in [4.78, 5) is 2.50. The van der Waals surface area contributed by atoms with Gasteiger partial charge in [-0.25, -0.2) is 0 Å². The van der Waals surface area contributed by atoms with Crippen LogP contribution in [0.3, 0.4) is 0 Å². The molecule has 1 heterocycles. The first kappa shape index (κ1) is 16.5. The van der Waals surface area contributed by atoms with Gasteiger partial charge in [-0.3, -0.25) is 0 Å². The maximum absolute atomic E-state index is 9.70. The van der Waals surface area contributed by atoms with E-state index < -0.39 is 0 Å². The summed E-state index contributed by atoms with van der Waals surface area (Å²) in [7, 11) is 0. The SMILES string of the molecule is CCCNC(CCN1CCC(C(C)O)C1)c1ccccc1. The lowest BCUT2D eigenvalue weighted by atomic mass is 10.0. The van der Waals surface area contributed by atoms with Crippen molar-refractivity contribution in [3.8, 4) is 0 Å². The van der Waals surface area contributed by atoms with Crippen molar-refractivity contribution < 1.29 is 5.11 Å². The van der Waals surface area contributed by atoms with Crippen LogP contribution in [-0.4, -0.2) is 42.3 Å². The van der Waals surface area contributed by atoms with E-state index in [4.69, 9.17) is 0 Å². The monoisotopic (exact) mass is 290 g/mol. The second kappa shape index (κ2) is 8.52. The molecule has 2 rings (SSSR count). The molecule has 0 spiro atoms. The number of hydrogen-bond acceptors (Lipinski definition) is 3. The predicted octanol–water partition coefficient (Wildman–Crippen LogP) is 2.82. The van der Waals surface area contributed by atoms with Crippen LogP contribution in [0.2, 0.25) is 0 Å². The largest absolute Gasteiger partial charge is 0.393 e. The Labute approximate surface area is 129 Å². The van der Waals surface area contributed by atoms with E-state index in [1.54, 1.807) is 0 Å². The van der Waals surface area contributed by atoms with Crippen LogP contribution >= 0.6 is 0 Å². The van der Waals surface area contributed by atoms with Crippen LogP contribution in [0.15, 0.2) is 30.3 Å². The Morgan fingerprint density at radius 3 is 2.71 bits per heavy atom. The maximum Gasteiger partial charge on any atom is 0.0552 e. The van der Waals surface area contributed by atoms with Crippen molar-refractivity contribution in [1.29, 1.82) is 0 Å². The van der Waals surface area contributed by atoms with Gasteiger partial charge in [0, 0.05) is 12.6 Å². The summed E-state index contributed by atoms with van der Waals surface area (Å²) in [5.74, 6) is 0.462. The van der Waals surface area contributed by atoms with Gasteiger partial charge in [0.05, 0.1) is 6.10 Å². The minimum Gasteiger partial charge on any atom is -0.393 e. The number of nitrogens with zero attached hydrogens (tertiary/aromatic N) is 1. The van der Waals surface area contributed by atoms with Gasteiger partial charge >= 0.3 is 0 Å². The Hall–Kier alpha value is -0.900. The molecule has 0 amide bonds. The summed E-state index contributed by atoms with van der Waals surface area (Å²) in [6.07, 6.45) is 3.27. The first-order chi connectivity index (χ1) is 10.2. The minimum absolute atomic E-state index is 0.168. The lowest BCUT2D eigenvalue weighted by Gasteiger charge is -2.23. The zero-order valence-electron chi connectivity index (χ0n) is 13.5. The van der Waals surface area contributed by atoms with E-state index in [1.165, 1.54) is 5.56 Å². The fourth-order valence-electron chi connectivity index (χ4n) is 3.16. The van der Waals surface area contributed by atoms with Crippen molar-refractivity contribution in [3.05, 3.63) is 35.9 Å². The van der Waals surface area contributed by atoms with Gasteiger partial charge in [0.25, 0.3) is 0 Å². The van der Waals surface area contributed by atoms with Crippen molar-refractivity contribution >= 4 is 0 Å². The summed E-state index contributed by atoms with van der Waals surface area (Å²) in [5.41, 5.74) is 1.39. The number of aliphatic hydroxyl groups is 1. The molecule has 1 aromatic rings. The third-order valence-electron chi connectivity index (χ3n) is 4.57. The van der Waals surface area contributed by atoms with Gasteiger partial charge in [-0.15, -0.1) is 0 Å². The number of aliphatic hydroxyl groups excluding tert-OH is 1. The van der Waals surface area contributed by atoms with Crippen LogP contribution in [0.5, 0.6) is 0 Å². The molecule has 3 unspecified atom stereocenters. The van der Waals surface area contributed by atoms with Gasteiger partial charge in [0.1, 0.15) is 0 Å². The average Bonchev–Trinajstić information content (AvgIpc) is 2.97. The number of nitrogens with one attached hydrogen (secondary N) is 1. The van der Waals surface area contributed by atoms with Gasteiger partial charge < -0.3 is 15.3 Å². The third-order valence-corrected chi connectivity index (χ3v) is 4.57. The van der Waals surface area contributed by atoms with Crippen LogP contribution in [-0.2, 0) is 0 Å². The molecule has 21 heavy (non-hydrogen) atoms. The smallest absolute Gasteiger partial charge is 0.0552 e. The van der Waals surface area contributed by atoms with Gasteiger partial charge in [-0.2, -0.15) is 0 Å². The molecule has 0 aromatic heterocycles. The Kier molecular flexibility index (Phi) is 6.68. The topological polar surface area (TPSA) is 35.5 Å². The van der Waals surface area contributed by atoms with Crippen molar-refractivity contribution in [2.45, 2.75) is 45.3 Å². The molecule has 1 saturated heterocycles. The zero-order valence-corrected chi connectivity index (χ0v) is 13.5. The normalized spacial score (nSPS) is 22.3. The summed E-state index contributed by atoms with van der Waals surface area (Å²) >= 11 is 0. The number of likely N-dealkylation sites (tertiary alicyclic amines) is 1. The first-order valence-electron chi connectivity index (χ1n) is 8.39. The fraction of sp³-hybridized carbons (Fsp3) is 0.667. The van der Waals surface area contributed by atoms with Gasteiger partial charge in [0.2, 0.25) is 0 Å². The highest BCUT2D eigenvalue weighted by Gasteiger charge is 2.26. The molecule has 3 heteroatoms. The third kappa shape index (κ3) is 5.10. The van der Waals surface area contributed by atoms with Gasteiger partial charge in [-0.05, 0) is 57.3 Å². The van der Waals surface area contributed by atoms with Crippen LogP contribution in [0.1, 0.15) is 44.7 Å². The van der Waals surface area contributed by atoms with E-state index in [2.05, 4.69) is 47.5 Å². The van der Waals surface area contributed by atoms with Crippen molar-refractivity contribution in [1.82, 2.24) is 10.2 Å². The minimum atomic E-state index is -0.168. The van der Waals surface area contributed by atoms with E-state index >= 15 is 0 Å². The predicted molar refractivity (Wildman–Crippen MR) is 88.3 cm³/mol. The molecule has 118 valence electrons. The van der Waals surface area contributed by atoms with E-state index in [0.717, 1.165) is 45.4 Å². The molecule has 0 aliphatic carbocycles. The molecule has 1 aromatic carbocycles. The highest BCUT2D eigenvalue weighted by atomic mass is 16.3. The van der Waals surface area contributed by atoms with E-state index in [-0.39, 0.29) is 6.10 Å². The van der Waals surface area contributed by atoms with Gasteiger partial charge in [-0.1, -0.05) is 37.3 Å². The maximum atomic E-state index is 9.70. The highest BCUT2D eigenvalue weighted by Crippen LogP contribution is 2.22. The molecule has 0 radical (unpaired) electrons. The Balaban J connectivity index is 1.85. The Morgan fingerprint density at radius 2 is 2.10 bits per heavy atom. The zero-order chi connectivity index (χ0) is 15.1. The van der Waals surface area contributed by atoms with E-state index in [1.807, 2.05) is 6.92 Å². The summed E-state index contributed by atoms with van der Waals surface area (Å²) in [6.45, 7) is 8.49. The Bertz CT molecular complexity index is 393. The summed E-state index contributed by atoms with van der Waals surface area (Å²) < 4.78 is 0. The first-order valence-corrected chi connectivity index (χ1v) is 8.39. The van der Waals surface area contributed by atoms with E-state index in [9.17, 15) is 5.11 Å². The molecule has 1 aliphatic rings. The van der Waals surface area contributed by atoms with Crippen molar-refractivity contribution in [3.63, 3.8) is 0 Å². The van der Waals surface area contributed by atoms with Crippen LogP contribution in [0, 0.1) is 5.92 Å². The number of hydrogen-bond donors (Lipinski definition) is 2. The quantitative estimate of drug-likeness (QED) is 0.773. The van der Waals surface area contributed by atoms with Crippen LogP contribution < -0.4 is 5.32 Å². The summed E-state index contributed by atoms with van der Waals surface area (Å²) in [5, 5.41) is 13.4. The number of rotatable bonds is 8. The molecule has 0 saturated carbocycles. The van der Waals surface area contributed by atoms with E-state index in [0.29, 0.717) is 12.0 Å². The second-order valence-electron chi connectivity index (χ2n) is 6.30. The van der Waals surface area contributed by atoms with Crippen molar-refractivity contribution in [2.24, 2.45) is 5.92 Å². The molecular formula is C18H30N2O. The van der Waals surface area contributed by atoms with Crippen LogP contribution in [0.25, 0.3) is 0 Å². The highest BCUT2D eigenvalue weighted by molar-refractivity contribution is 5.18. The fourth-order valence-corrected chi connectivity index (χ4v) is 3.16. The molecule has 1 fully saturated rings. The molecular weight excluding hydrogens is 260 g/mol. The lowest BCUT2D eigenvalue weighted by molar-refractivity contribution is 0.127. The summed E-state index contributed by atoms with van der Waals surface area (Å²) in [6, 6.07) is 11.2. The molecule has 3 nitrogen and oxygen atoms in total. The van der Waals surface area contributed by atoms with Crippen LogP contribution in [0.4, 0.5) is 0 Å². The molecule has 3 atom stereocenters. The molecule has 0 bridgehead atoms. The van der Waals surface area contributed by atoms with Crippen molar-refractivity contribution in [2.75, 3.05) is 26.2 Å².